The monoisotopic (exact) mass is 451 g/mol. The molecule has 10 heteroatoms. The van der Waals surface area contributed by atoms with Gasteiger partial charge in [-0.05, 0) is 36.2 Å². The molecule has 0 radical (unpaired) electrons. The Morgan fingerprint density at radius 1 is 1.00 bits per heavy atom. The van der Waals surface area contributed by atoms with Gasteiger partial charge in [0.2, 0.25) is 10.0 Å². The van der Waals surface area contributed by atoms with E-state index in [-0.39, 0.29) is 42.9 Å². The zero-order valence-electron chi connectivity index (χ0n) is 17.5. The topological polar surface area (TPSA) is 88.2 Å². The number of urea groups is 1. The molecule has 168 valence electrons. The van der Waals surface area contributed by atoms with Crippen LogP contribution < -0.4 is 14.8 Å². The van der Waals surface area contributed by atoms with E-state index in [0.29, 0.717) is 24.5 Å². The van der Waals surface area contributed by atoms with Crippen molar-refractivity contribution in [1.29, 1.82) is 0 Å². The van der Waals surface area contributed by atoms with Crippen LogP contribution in [0.25, 0.3) is 0 Å². The Labute approximate surface area is 181 Å². The fourth-order valence-electron chi connectivity index (χ4n) is 3.33. The zero-order chi connectivity index (χ0) is 22.4. The van der Waals surface area contributed by atoms with Gasteiger partial charge in [0.05, 0.1) is 19.1 Å². The summed E-state index contributed by atoms with van der Waals surface area (Å²) >= 11 is 0. The number of halogens is 1. The van der Waals surface area contributed by atoms with E-state index < -0.39 is 10.0 Å². The molecule has 0 aromatic heterocycles. The molecule has 1 saturated heterocycles. The SMILES string of the molecule is COc1ccc(S(=O)(=O)N2CCN(C(=O)NCCc3ccc(F)cc3)CC2)cc1OC. The second kappa shape index (κ2) is 9.97. The summed E-state index contributed by atoms with van der Waals surface area (Å²) in [5.74, 6) is 0.486. The van der Waals surface area contributed by atoms with E-state index in [0.717, 1.165) is 5.56 Å². The molecule has 1 heterocycles. The molecule has 0 unspecified atom stereocenters. The van der Waals surface area contributed by atoms with Crippen molar-refractivity contribution in [3.8, 4) is 11.5 Å². The summed E-state index contributed by atoms with van der Waals surface area (Å²) in [6.07, 6.45) is 0.583. The van der Waals surface area contributed by atoms with Crippen molar-refractivity contribution in [2.24, 2.45) is 0 Å². The molecule has 1 aliphatic heterocycles. The van der Waals surface area contributed by atoms with E-state index in [1.54, 1.807) is 23.1 Å². The predicted octanol–water partition coefficient (Wildman–Crippen LogP) is 2.10. The van der Waals surface area contributed by atoms with Crippen LogP contribution in [0.1, 0.15) is 5.56 Å². The highest BCUT2D eigenvalue weighted by molar-refractivity contribution is 7.89. The van der Waals surface area contributed by atoms with Crippen LogP contribution in [-0.4, -0.2) is 70.6 Å². The van der Waals surface area contributed by atoms with Gasteiger partial charge in [0, 0.05) is 38.8 Å². The quantitative estimate of drug-likeness (QED) is 0.697. The largest absolute Gasteiger partial charge is 0.493 e. The van der Waals surface area contributed by atoms with Crippen LogP contribution in [0.15, 0.2) is 47.4 Å². The highest BCUT2D eigenvalue weighted by Crippen LogP contribution is 2.30. The van der Waals surface area contributed by atoms with Gasteiger partial charge in [0.15, 0.2) is 11.5 Å². The fraction of sp³-hybridized carbons (Fsp3) is 0.381. The predicted molar refractivity (Wildman–Crippen MR) is 113 cm³/mol. The number of hydrogen-bond acceptors (Lipinski definition) is 5. The van der Waals surface area contributed by atoms with Crippen molar-refractivity contribution in [3.63, 3.8) is 0 Å². The van der Waals surface area contributed by atoms with Crippen LogP contribution in [-0.2, 0) is 16.4 Å². The van der Waals surface area contributed by atoms with Crippen LogP contribution in [0.2, 0.25) is 0 Å². The van der Waals surface area contributed by atoms with Gasteiger partial charge in [-0.1, -0.05) is 12.1 Å². The molecule has 1 fully saturated rings. The molecule has 0 bridgehead atoms. The Kier molecular flexibility index (Phi) is 7.34. The molecule has 2 aromatic rings. The third kappa shape index (κ3) is 5.45. The minimum absolute atomic E-state index is 0.113. The van der Waals surface area contributed by atoms with Crippen molar-refractivity contribution in [3.05, 3.63) is 53.8 Å². The molecule has 0 spiro atoms. The zero-order valence-corrected chi connectivity index (χ0v) is 18.3. The normalized spacial score (nSPS) is 14.9. The van der Waals surface area contributed by atoms with Gasteiger partial charge in [0.25, 0.3) is 0 Å². The molecule has 1 aliphatic rings. The molecule has 0 atom stereocenters. The van der Waals surface area contributed by atoms with Gasteiger partial charge in [0.1, 0.15) is 5.82 Å². The number of carbonyl (C=O) groups excluding carboxylic acids is 1. The van der Waals surface area contributed by atoms with Gasteiger partial charge in [-0.25, -0.2) is 17.6 Å². The fourth-order valence-corrected chi connectivity index (χ4v) is 4.77. The van der Waals surface area contributed by atoms with Gasteiger partial charge in [-0.2, -0.15) is 4.31 Å². The van der Waals surface area contributed by atoms with E-state index in [9.17, 15) is 17.6 Å². The number of sulfonamides is 1. The maximum atomic E-state index is 13.0. The summed E-state index contributed by atoms with van der Waals surface area (Å²) in [4.78, 5) is 14.1. The van der Waals surface area contributed by atoms with Crippen LogP contribution in [0, 0.1) is 5.82 Å². The van der Waals surface area contributed by atoms with Gasteiger partial charge < -0.3 is 19.7 Å². The highest BCUT2D eigenvalue weighted by Gasteiger charge is 2.30. The maximum absolute atomic E-state index is 13.0. The first-order chi connectivity index (χ1) is 14.8. The van der Waals surface area contributed by atoms with Gasteiger partial charge in [-0.15, -0.1) is 0 Å². The lowest BCUT2D eigenvalue weighted by atomic mass is 10.1. The number of carbonyl (C=O) groups is 1. The first-order valence-electron chi connectivity index (χ1n) is 9.84. The third-order valence-corrected chi connectivity index (χ3v) is 7.02. The lowest BCUT2D eigenvalue weighted by Gasteiger charge is -2.34. The summed E-state index contributed by atoms with van der Waals surface area (Å²) in [6.45, 7) is 1.38. The maximum Gasteiger partial charge on any atom is 0.317 e. The molecule has 2 aromatic carbocycles. The molecule has 1 N–H and O–H groups in total. The second-order valence-electron chi connectivity index (χ2n) is 7.02. The number of piperazine rings is 1. The Bertz CT molecular complexity index is 1010. The number of nitrogens with zero attached hydrogens (tertiary/aromatic N) is 2. The minimum Gasteiger partial charge on any atom is -0.493 e. The Hall–Kier alpha value is -2.85. The van der Waals surface area contributed by atoms with Crippen molar-refractivity contribution in [1.82, 2.24) is 14.5 Å². The van der Waals surface area contributed by atoms with Gasteiger partial charge in [-0.3, -0.25) is 0 Å². The van der Waals surface area contributed by atoms with E-state index >= 15 is 0 Å². The molecule has 2 amide bonds. The van der Waals surface area contributed by atoms with E-state index in [1.807, 2.05) is 0 Å². The summed E-state index contributed by atoms with van der Waals surface area (Å²) in [5, 5.41) is 2.82. The first kappa shape index (κ1) is 22.8. The molecular formula is C21H26FN3O5S. The van der Waals surface area contributed by atoms with E-state index in [4.69, 9.17) is 9.47 Å². The molecular weight excluding hydrogens is 425 g/mol. The number of hydrogen-bond donors (Lipinski definition) is 1. The van der Waals surface area contributed by atoms with Crippen molar-refractivity contribution in [2.45, 2.75) is 11.3 Å². The lowest BCUT2D eigenvalue weighted by Crippen LogP contribution is -2.53. The minimum atomic E-state index is -3.72. The molecule has 0 aliphatic carbocycles. The van der Waals surface area contributed by atoms with Crippen molar-refractivity contribution < 1.29 is 27.1 Å². The summed E-state index contributed by atoms with van der Waals surface area (Å²) in [6, 6.07) is 10.3. The van der Waals surface area contributed by atoms with Crippen LogP contribution in [0.5, 0.6) is 11.5 Å². The summed E-state index contributed by atoms with van der Waals surface area (Å²) < 4.78 is 50.6. The Balaban J connectivity index is 1.53. The average Bonchev–Trinajstić information content (AvgIpc) is 2.79. The van der Waals surface area contributed by atoms with Crippen LogP contribution >= 0.6 is 0 Å². The van der Waals surface area contributed by atoms with E-state index in [1.165, 1.54) is 42.8 Å². The Morgan fingerprint density at radius 3 is 2.26 bits per heavy atom. The third-order valence-electron chi connectivity index (χ3n) is 5.12. The average molecular weight is 452 g/mol. The van der Waals surface area contributed by atoms with Gasteiger partial charge >= 0.3 is 6.03 Å². The molecule has 3 rings (SSSR count). The molecule has 31 heavy (non-hydrogen) atoms. The standard InChI is InChI=1S/C21H26FN3O5S/c1-29-19-8-7-18(15-20(19)30-2)31(27,28)25-13-11-24(12-14-25)21(26)23-10-9-16-3-5-17(22)6-4-16/h3-8,15H,9-14H2,1-2H3,(H,23,26). The first-order valence-corrected chi connectivity index (χ1v) is 11.3. The van der Waals surface area contributed by atoms with E-state index in [2.05, 4.69) is 5.32 Å². The molecule has 0 saturated carbocycles. The summed E-state index contributed by atoms with van der Waals surface area (Å²) in [5.41, 5.74) is 0.924. The summed E-state index contributed by atoms with van der Waals surface area (Å²) in [7, 11) is -0.788. The van der Waals surface area contributed by atoms with Crippen molar-refractivity contribution in [2.75, 3.05) is 46.9 Å². The number of nitrogens with one attached hydrogen (secondary N) is 1. The van der Waals surface area contributed by atoms with Crippen molar-refractivity contribution >= 4 is 16.1 Å². The van der Waals surface area contributed by atoms with Crippen LogP contribution in [0.3, 0.4) is 0 Å². The smallest absolute Gasteiger partial charge is 0.317 e. The Morgan fingerprint density at radius 2 is 1.65 bits per heavy atom. The number of ether oxygens (including phenoxy) is 2. The molecule has 8 nitrogen and oxygen atoms in total. The lowest BCUT2D eigenvalue weighted by molar-refractivity contribution is 0.172. The van der Waals surface area contributed by atoms with Crippen LogP contribution in [0.4, 0.5) is 9.18 Å². The number of methoxy groups -OCH3 is 2. The number of amides is 2. The number of rotatable bonds is 7. The number of benzene rings is 2. The second-order valence-corrected chi connectivity index (χ2v) is 8.95. The highest BCUT2D eigenvalue weighted by atomic mass is 32.2.